The van der Waals surface area contributed by atoms with Crippen molar-refractivity contribution in [3.63, 3.8) is 0 Å². The highest BCUT2D eigenvalue weighted by atomic mass is 16.4. The molecule has 0 heterocycles. The minimum Gasteiger partial charge on any atom is -0.481 e. The quantitative estimate of drug-likeness (QED) is 0.456. The first-order chi connectivity index (χ1) is 7.27. The summed E-state index contributed by atoms with van der Waals surface area (Å²) in [5.41, 5.74) is 0. The molecule has 0 saturated carbocycles. The van der Waals surface area contributed by atoms with Gasteiger partial charge in [0.25, 0.3) is 0 Å². The first-order valence-electron chi connectivity index (χ1n) is 5.99. The second-order valence-corrected chi connectivity index (χ2v) is 3.62. The van der Waals surface area contributed by atoms with Crippen LogP contribution in [0.1, 0.15) is 64.7 Å². The van der Waals surface area contributed by atoms with Crippen molar-refractivity contribution >= 4 is 5.97 Å². The predicted molar refractivity (Wildman–Crippen MR) is 66.1 cm³/mol. The van der Waals surface area contributed by atoms with Crippen LogP contribution in [0.4, 0.5) is 0 Å². The number of carboxylic acid groups (broad SMARTS) is 1. The van der Waals surface area contributed by atoms with Crippen molar-refractivity contribution in [3.05, 3.63) is 13.2 Å². The summed E-state index contributed by atoms with van der Waals surface area (Å²) in [6, 6.07) is 0. The van der Waals surface area contributed by atoms with Crippen molar-refractivity contribution in [2.24, 2.45) is 0 Å². The number of hydrogen-bond donors (Lipinski definition) is 1. The van der Waals surface area contributed by atoms with Gasteiger partial charge in [-0.05, 0) is 6.42 Å². The molecule has 0 unspecified atom stereocenters. The maximum absolute atomic E-state index is 10.2. The summed E-state index contributed by atoms with van der Waals surface area (Å²) < 4.78 is 0. The van der Waals surface area contributed by atoms with E-state index in [1.165, 1.54) is 38.5 Å². The van der Waals surface area contributed by atoms with Crippen molar-refractivity contribution in [2.45, 2.75) is 64.7 Å². The van der Waals surface area contributed by atoms with Gasteiger partial charge in [0, 0.05) is 6.42 Å². The Morgan fingerprint density at radius 2 is 1.33 bits per heavy atom. The van der Waals surface area contributed by atoms with E-state index in [2.05, 4.69) is 20.1 Å². The molecule has 2 nitrogen and oxygen atoms in total. The van der Waals surface area contributed by atoms with Crippen LogP contribution in [0.3, 0.4) is 0 Å². The van der Waals surface area contributed by atoms with E-state index in [0.717, 1.165) is 12.8 Å². The molecule has 0 aliphatic heterocycles. The summed E-state index contributed by atoms with van der Waals surface area (Å²) >= 11 is 0. The molecule has 2 heteroatoms. The van der Waals surface area contributed by atoms with Gasteiger partial charge in [0.2, 0.25) is 0 Å². The molecule has 0 radical (unpaired) electrons. The fourth-order valence-electron chi connectivity index (χ4n) is 1.41. The molecule has 0 fully saturated rings. The minimum absolute atomic E-state index is 0.342. The fourth-order valence-corrected chi connectivity index (χ4v) is 1.41. The van der Waals surface area contributed by atoms with E-state index in [4.69, 9.17) is 5.11 Å². The van der Waals surface area contributed by atoms with Gasteiger partial charge in [0.05, 0.1) is 0 Å². The molecule has 0 atom stereocenters. The lowest BCUT2D eigenvalue weighted by atomic mass is 10.1. The van der Waals surface area contributed by atoms with E-state index in [1.807, 2.05) is 0 Å². The standard InChI is InChI=1S/C11H22O2.C2H4/c1-2-3-4-5-6-7-8-9-10-11(12)13;1-2/h2-10H2,1H3,(H,12,13);1-2H2. The summed E-state index contributed by atoms with van der Waals surface area (Å²) in [5.74, 6) is -0.661. The Morgan fingerprint density at radius 3 is 1.73 bits per heavy atom. The first-order valence-corrected chi connectivity index (χ1v) is 5.99. The third-order valence-corrected chi connectivity index (χ3v) is 2.24. The summed E-state index contributed by atoms with van der Waals surface area (Å²) in [4.78, 5) is 10.2. The molecular formula is C13H26O2. The van der Waals surface area contributed by atoms with E-state index >= 15 is 0 Å². The molecular weight excluding hydrogens is 188 g/mol. The second-order valence-electron chi connectivity index (χ2n) is 3.62. The number of hydrogen-bond acceptors (Lipinski definition) is 1. The highest BCUT2D eigenvalue weighted by Crippen LogP contribution is 2.09. The molecule has 90 valence electrons. The van der Waals surface area contributed by atoms with Gasteiger partial charge >= 0.3 is 5.97 Å². The van der Waals surface area contributed by atoms with Gasteiger partial charge in [-0.25, -0.2) is 0 Å². The first kappa shape index (κ1) is 16.6. The molecule has 0 bridgehead atoms. The van der Waals surface area contributed by atoms with Crippen LogP contribution in [0.25, 0.3) is 0 Å². The van der Waals surface area contributed by atoms with Crippen LogP contribution in [-0.4, -0.2) is 11.1 Å². The van der Waals surface area contributed by atoms with Crippen LogP contribution in [0, 0.1) is 0 Å². The molecule has 0 saturated heterocycles. The Labute approximate surface area is 94.4 Å². The lowest BCUT2D eigenvalue weighted by Gasteiger charge is -1.99. The van der Waals surface area contributed by atoms with Gasteiger partial charge in [-0.2, -0.15) is 0 Å². The Morgan fingerprint density at radius 1 is 0.933 bits per heavy atom. The molecule has 0 aromatic heterocycles. The highest BCUT2D eigenvalue weighted by Gasteiger charge is 1.95. The molecule has 0 spiro atoms. The lowest BCUT2D eigenvalue weighted by Crippen LogP contribution is -1.93. The topological polar surface area (TPSA) is 37.3 Å². The van der Waals surface area contributed by atoms with Crippen LogP contribution < -0.4 is 0 Å². The number of unbranched alkanes of at least 4 members (excludes halogenated alkanes) is 7. The summed E-state index contributed by atoms with van der Waals surface area (Å²) in [5, 5.41) is 8.39. The van der Waals surface area contributed by atoms with Gasteiger partial charge < -0.3 is 5.11 Å². The van der Waals surface area contributed by atoms with Gasteiger partial charge in [-0.3, -0.25) is 4.79 Å². The van der Waals surface area contributed by atoms with Gasteiger partial charge in [0.1, 0.15) is 0 Å². The van der Waals surface area contributed by atoms with Crippen molar-refractivity contribution in [3.8, 4) is 0 Å². The minimum atomic E-state index is -0.661. The van der Waals surface area contributed by atoms with Crippen molar-refractivity contribution in [1.29, 1.82) is 0 Å². The number of rotatable bonds is 9. The molecule has 0 aliphatic rings. The Hall–Kier alpha value is -0.790. The highest BCUT2D eigenvalue weighted by molar-refractivity contribution is 5.66. The smallest absolute Gasteiger partial charge is 0.303 e. The summed E-state index contributed by atoms with van der Waals surface area (Å²) in [7, 11) is 0. The van der Waals surface area contributed by atoms with Crippen molar-refractivity contribution < 1.29 is 9.90 Å². The van der Waals surface area contributed by atoms with E-state index in [1.54, 1.807) is 0 Å². The molecule has 0 amide bonds. The number of aliphatic carboxylic acids is 1. The van der Waals surface area contributed by atoms with E-state index < -0.39 is 5.97 Å². The molecule has 1 N–H and O–H groups in total. The Kier molecular flexibility index (Phi) is 17.4. The van der Waals surface area contributed by atoms with Gasteiger partial charge in [0.15, 0.2) is 0 Å². The van der Waals surface area contributed by atoms with E-state index in [0.29, 0.717) is 6.42 Å². The van der Waals surface area contributed by atoms with Crippen LogP contribution in [0.2, 0.25) is 0 Å². The van der Waals surface area contributed by atoms with Gasteiger partial charge in [-0.1, -0.05) is 51.9 Å². The SMILES string of the molecule is C=C.CCCCCCCCCCC(=O)O. The summed E-state index contributed by atoms with van der Waals surface area (Å²) in [6.07, 6.45) is 10.1. The number of carbonyl (C=O) groups is 1. The zero-order valence-electron chi connectivity index (χ0n) is 10.1. The normalized spacial score (nSPS) is 9.13. The van der Waals surface area contributed by atoms with Gasteiger partial charge in [-0.15, -0.1) is 13.2 Å². The maximum atomic E-state index is 10.2. The monoisotopic (exact) mass is 214 g/mol. The lowest BCUT2D eigenvalue weighted by molar-refractivity contribution is -0.137. The molecule has 0 aromatic rings. The molecule has 0 aliphatic carbocycles. The zero-order chi connectivity index (χ0) is 11.9. The Balaban J connectivity index is 0. The third kappa shape index (κ3) is 19.6. The Bertz CT molecular complexity index is 132. The van der Waals surface area contributed by atoms with Crippen LogP contribution in [0.5, 0.6) is 0 Å². The molecule has 0 rings (SSSR count). The zero-order valence-corrected chi connectivity index (χ0v) is 10.1. The average Bonchev–Trinajstić information content (AvgIpc) is 2.24. The third-order valence-electron chi connectivity index (χ3n) is 2.24. The number of carboxylic acids is 1. The van der Waals surface area contributed by atoms with Crippen LogP contribution >= 0.6 is 0 Å². The van der Waals surface area contributed by atoms with Crippen LogP contribution in [-0.2, 0) is 4.79 Å². The summed E-state index contributed by atoms with van der Waals surface area (Å²) in [6.45, 7) is 8.22. The molecule has 15 heavy (non-hydrogen) atoms. The maximum Gasteiger partial charge on any atom is 0.303 e. The van der Waals surface area contributed by atoms with Crippen molar-refractivity contribution in [2.75, 3.05) is 0 Å². The largest absolute Gasteiger partial charge is 0.481 e. The predicted octanol–water partition coefficient (Wildman–Crippen LogP) is 4.40. The van der Waals surface area contributed by atoms with E-state index in [9.17, 15) is 4.79 Å². The van der Waals surface area contributed by atoms with Crippen LogP contribution in [0.15, 0.2) is 13.2 Å². The van der Waals surface area contributed by atoms with Crippen molar-refractivity contribution in [1.82, 2.24) is 0 Å². The second kappa shape index (κ2) is 15.7. The van der Waals surface area contributed by atoms with E-state index in [-0.39, 0.29) is 0 Å². The fraction of sp³-hybridized carbons (Fsp3) is 0.769. The average molecular weight is 214 g/mol. The molecule has 0 aromatic carbocycles.